The van der Waals surface area contributed by atoms with E-state index in [1.807, 2.05) is 30.3 Å². The van der Waals surface area contributed by atoms with Gasteiger partial charge >= 0.3 is 0 Å². The van der Waals surface area contributed by atoms with E-state index in [9.17, 15) is 4.79 Å². The Morgan fingerprint density at radius 1 is 1.44 bits per heavy atom. The first kappa shape index (κ1) is 12.3. The minimum absolute atomic E-state index is 0.234. The van der Waals surface area contributed by atoms with Crippen LogP contribution in [0.5, 0.6) is 0 Å². The maximum Gasteiger partial charge on any atom is 0.241 e. The molecule has 1 unspecified atom stereocenters. The molecule has 1 atom stereocenters. The molecule has 1 aromatic carbocycles. The molecule has 0 aliphatic rings. The van der Waals surface area contributed by atoms with E-state index in [0.717, 1.165) is 5.56 Å². The van der Waals surface area contributed by atoms with Gasteiger partial charge in [-0.25, -0.2) is 0 Å². The molecule has 0 bridgehead atoms. The molecule has 18 heavy (non-hydrogen) atoms. The van der Waals surface area contributed by atoms with Gasteiger partial charge in [0.05, 0.1) is 6.54 Å². The fraction of sp³-hybridized carbons (Fsp3) is 0.231. The van der Waals surface area contributed by atoms with Gasteiger partial charge in [-0.05, 0) is 12.5 Å². The highest BCUT2D eigenvalue weighted by atomic mass is 16.5. The molecule has 0 saturated carbocycles. The second kappa shape index (κ2) is 5.46. The van der Waals surface area contributed by atoms with E-state index in [1.165, 1.54) is 0 Å². The number of aromatic nitrogens is 1. The monoisotopic (exact) mass is 245 g/mol. The summed E-state index contributed by atoms with van der Waals surface area (Å²) in [6, 6.07) is 10.3. The van der Waals surface area contributed by atoms with E-state index in [-0.39, 0.29) is 5.91 Å². The van der Waals surface area contributed by atoms with Gasteiger partial charge in [-0.3, -0.25) is 4.79 Å². The van der Waals surface area contributed by atoms with Crippen LogP contribution in [0.2, 0.25) is 0 Å². The van der Waals surface area contributed by atoms with Crippen molar-refractivity contribution in [3.8, 4) is 0 Å². The Labute approximate surface area is 105 Å². The van der Waals surface area contributed by atoms with E-state index in [1.54, 1.807) is 13.0 Å². The summed E-state index contributed by atoms with van der Waals surface area (Å²) in [5, 5.41) is 6.51. The third-order valence-electron chi connectivity index (χ3n) is 2.56. The minimum atomic E-state index is -0.667. The van der Waals surface area contributed by atoms with Crippen molar-refractivity contribution in [3.05, 3.63) is 53.4 Å². The standard InChI is InChI=1S/C13H15N3O2/c1-9-7-11(16-18-9)8-15-13(17)12(14)10-5-3-2-4-6-10/h2-7,12H,8,14H2,1H3,(H,15,17). The number of nitrogens with two attached hydrogens (primary N) is 1. The molecule has 5 heteroatoms. The second-order valence-electron chi connectivity index (χ2n) is 4.04. The maximum atomic E-state index is 11.8. The van der Waals surface area contributed by atoms with Gasteiger partial charge in [0.2, 0.25) is 5.91 Å². The second-order valence-corrected chi connectivity index (χ2v) is 4.04. The van der Waals surface area contributed by atoms with Gasteiger partial charge in [-0.2, -0.15) is 0 Å². The Morgan fingerprint density at radius 3 is 2.78 bits per heavy atom. The van der Waals surface area contributed by atoms with Gasteiger partial charge in [0.1, 0.15) is 17.5 Å². The Morgan fingerprint density at radius 2 is 2.17 bits per heavy atom. The van der Waals surface area contributed by atoms with Crippen LogP contribution in [0.4, 0.5) is 0 Å². The first-order chi connectivity index (χ1) is 8.66. The molecule has 0 fully saturated rings. The first-order valence-corrected chi connectivity index (χ1v) is 5.67. The van der Waals surface area contributed by atoms with E-state index in [2.05, 4.69) is 10.5 Å². The highest BCUT2D eigenvalue weighted by Gasteiger charge is 2.15. The number of carbonyl (C=O) groups excluding carboxylic acids is 1. The van der Waals surface area contributed by atoms with Crippen molar-refractivity contribution < 1.29 is 9.32 Å². The minimum Gasteiger partial charge on any atom is -0.361 e. The van der Waals surface area contributed by atoms with Crippen LogP contribution in [0.1, 0.15) is 23.1 Å². The van der Waals surface area contributed by atoms with Crippen molar-refractivity contribution >= 4 is 5.91 Å². The van der Waals surface area contributed by atoms with Crippen LogP contribution in [0.15, 0.2) is 40.9 Å². The van der Waals surface area contributed by atoms with Crippen molar-refractivity contribution in [3.63, 3.8) is 0 Å². The predicted octanol–water partition coefficient (Wildman–Crippen LogP) is 1.30. The van der Waals surface area contributed by atoms with Crippen LogP contribution in [0, 0.1) is 6.92 Å². The van der Waals surface area contributed by atoms with E-state index in [0.29, 0.717) is 18.0 Å². The van der Waals surface area contributed by atoms with Crippen molar-refractivity contribution in [1.29, 1.82) is 0 Å². The molecule has 1 heterocycles. The van der Waals surface area contributed by atoms with Crippen LogP contribution < -0.4 is 11.1 Å². The predicted molar refractivity (Wildman–Crippen MR) is 66.5 cm³/mol. The third-order valence-corrected chi connectivity index (χ3v) is 2.56. The fourth-order valence-corrected chi connectivity index (χ4v) is 1.60. The summed E-state index contributed by atoms with van der Waals surface area (Å²) in [4.78, 5) is 11.8. The molecule has 5 nitrogen and oxygen atoms in total. The van der Waals surface area contributed by atoms with Crippen LogP contribution in [0.3, 0.4) is 0 Å². The van der Waals surface area contributed by atoms with Crippen LogP contribution in [0.25, 0.3) is 0 Å². The largest absolute Gasteiger partial charge is 0.361 e. The molecular weight excluding hydrogens is 230 g/mol. The molecule has 2 aromatic rings. The van der Waals surface area contributed by atoms with Gasteiger partial charge in [-0.15, -0.1) is 0 Å². The number of hydrogen-bond acceptors (Lipinski definition) is 4. The number of nitrogens with zero attached hydrogens (tertiary/aromatic N) is 1. The summed E-state index contributed by atoms with van der Waals surface area (Å²) >= 11 is 0. The highest BCUT2D eigenvalue weighted by molar-refractivity contribution is 5.82. The van der Waals surface area contributed by atoms with Crippen molar-refractivity contribution in [1.82, 2.24) is 10.5 Å². The lowest BCUT2D eigenvalue weighted by Crippen LogP contribution is -2.33. The average Bonchev–Trinajstić information content (AvgIpc) is 2.82. The fourth-order valence-electron chi connectivity index (χ4n) is 1.60. The van der Waals surface area contributed by atoms with Gasteiger partial charge in [0.25, 0.3) is 0 Å². The zero-order chi connectivity index (χ0) is 13.0. The maximum absolute atomic E-state index is 11.8. The lowest BCUT2D eigenvalue weighted by molar-refractivity contribution is -0.122. The van der Waals surface area contributed by atoms with Gasteiger partial charge in [-0.1, -0.05) is 35.5 Å². The highest BCUT2D eigenvalue weighted by Crippen LogP contribution is 2.09. The Hall–Kier alpha value is -2.14. The summed E-state index contributed by atoms with van der Waals surface area (Å²) in [7, 11) is 0. The zero-order valence-electron chi connectivity index (χ0n) is 10.1. The van der Waals surface area contributed by atoms with Crippen LogP contribution in [-0.4, -0.2) is 11.1 Å². The smallest absolute Gasteiger partial charge is 0.241 e. The molecule has 0 saturated heterocycles. The third kappa shape index (κ3) is 2.95. The molecule has 0 aliphatic heterocycles. The molecule has 0 spiro atoms. The van der Waals surface area contributed by atoms with Crippen molar-refractivity contribution in [2.75, 3.05) is 0 Å². The van der Waals surface area contributed by atoms with E-state index >= 15 is 0 Å². The molecule has 2 rings (SSSR count). The number of hydrogen-bond donors (Lipinski definition) is 2. The van der Waals surface area contributed by atoms with Gasteiger partial charge in [0, 0.05) is 6.07 Å². The molecular formula is C13H15N3O2. The van der Waals surface area contributed by atoms with E-state index in [4.69, 9.17) is 10.3 Å². The Kier molecular flexibility index (Phi) is 3.74. The summed E-state index contributed by atoms with van der Waals surface area (Å²) in [6.07, 6.45) is 0. The summed E-state index contributed by atoms with van der Waals surface area (Å²) < 4.78 is 4.91. The summed E-state index contributed by atoms with van der Waals surface area (Å²) in [5.41, 5.74) is 7.32. The lowest BCUT2D eigenvalue weighted by Gasteiger charge is -2.11. The molecule has 0 radical (unpaired) electrons. The average molecular weight is 245 g/mol. The van der Waals surface area contributed by atoms with Crippen molar-refractivity contribution in [2.45, 2.75) is 19.5 Å². The molecule has 3 N–H and O–H groups in total. The summed E-state index contributed by atoms with van der Waals surface area (Å²) in [5.74, 6) is 0.480. The molecule has 1 amide bonds. The SMILES string of the molecule is Cc1cc(CNC(=O)C(N)c2ccccc2)no1. The normalized spacial score (nSPS) is 12.1. The number of rotatable bonds is 4. The topological polar surface area (TPSA) is 81.2 Å². The first-order valence-electron chi connectivity index (χ1n) is 5.67. The van der Waals surface area contributed by atoms with Crippen LogP contribution >= 0.6 is 0 Å². The van der Waals surface area contributed by atoms with Gasteiger partial charge in [0.15, 0.2) is 0 Å². The van der Waals surface area contributed by atoms with Crippen LogP contribution in [-0.2, 0) is 11.3 Å². The molecule has 0 aliphatic carbocycles. The zero-order valence-corrected chi connectivity index (χ0v) is 10.1. The number of carbonyl (C=O) groups is 1. The lowest BCUT2D eigenvalue weighted by atomic mass is 10.1. The Bertz CT molecular complexity index is 522. The molecule has 94 valence electrons. The molecule has 1 aromatic heterocycles. The van der Waals surface area contributed by atoms with Gasteiger partial charge < -0.3 is 15.6 Å². The summed E-state index contributed by atoms with van der Waals surface area (Å²) in [6.45, 7) is 2.12. The van der Waals surface area contributed by atoms with E-state index < -0.39 is 6.04 Å². The number of aryl methyl sites for hydroxylation is 1. The Balaban J connectivity index is 1.92. The number of benzene rings is 1. The number of nitrogens with one attached hydrogen (secondary N) is 1. The quantitative estimate of drug-likeness (QED) is 0.850. The number of amides is 1. The van der Waals surface area contributed by atoms with Crippen molar-refractivity contribution in [2.24, 2.45) is 5.73 Å².